The Labute approximate surface area is 188 Å². The third kappa shape index (κ3) is 5.61. The molecule has 0 saturated carbocycles. The van der Waals surface area contributed by atoms with Gasteiger partial charge in [-0.25, -0.2) is 9.71 Å². The van der Waals surface area contributed by atoms with Crippen LogP contribution in [0.4, 0.5) is 5.69 Å². The van der Waals surface area contributed by atoms with Crippen molar-refractivity contribution in [2.24, 2.45) is 10.7 Å². The van der Waals surface area contributed by atoms with E-state index in [2.05, 4.69) is 41.4 Å². The highest BCUT2D eigenvalue weighted by atomic mass is 32.1. The molecule has 9 heteroatoms. The molecule has 0 aliphatic heterocycles. The number of carbonyl (C=O) groups excluding carboxylic acids is 1. The SMILES string of the molecule is CC[C@@H]([NH+]=C(NS)C(N)=Nc1ccc(C)c(C(=O)N(C)C)c1O)c1cc(C(C)C)co1. The maximum absolute atomic E-state index is 12.4. The molecular weight excluding hydrogens is 414 g/mol. The molecule has 0 aliphatic carbocycles. The number of amides is 1. The summed E-state index contributed by atoms with van der Waals surface area (Å²) in [6, 6.07) is 5.18. The number of phenolic OH excluding ortho intramolecular Hbond substituents is 1. The van der Waals surface area contributed by atoms with Crippen LogP contribution < -0.4 is 15.4 Å². The molecule has 1 aromatic carbocycles. The van der Waals surface area contributed by atoms with Crippen molar-refractivity contribution in [3.8, 4) is 5.75 Å². The van der Waals surface area contributed by atoms with Crippen LogP contribution in [0.2, 0.25) is 0 Å². The normalized spacial score (nSPS) is 13.4. The lowest BCUT2D eigenvalue weighted by Crippen LogP contribution is -2.79. The third-order valence-corrected chi connectivity index (χ3v) is 5.19. The number of amidine groups is 2. The molecule has 31 heavy (non-hydrogen) atoms. The molecule has 2 aromatic rings. The second-order valence-corrected chi connectivity index (χ2v) is 8.07. The van der Waals surface area contributed by atoms with Crippen molar-refractivity contribution in [3.63, 3.8) is 0 Å². The molecule has 0 unspecified atom stereocenters. The monoisotopic (exact) mass is 446 g/mol. The molecule has 2 rings (SSSR count). The Kier molecular flexibility index (Phi) is 8.15. The molecule has 1 amide bonds. The lowest BCUT2D eigenvalue weighted by atomic mass is 10.1. The Morgan fingerprint density at radius 1 is 1.39 bits per heavy atom. The van der Waals surface area contributed by atoms with E-state index >= 15 is 0 Å². The summed E-state index contributed by atoms with van der Waals surface area (Å²) in [5, 5.41) is 10.7. The largest absolute Gasteiger partial charge is 0.505 e. The quantitative estimate of drug-likeness (QED) is 0.265. The van der Waals surface area contributed by atoms with E-state index in [9.17, 15) is 9.90 Å². The Balaban J connectivity index is 2.43. The Morgan fingerprint density at radius 2 is 2.06 bits per heavy atom. The van der Waals surface area contributed by atoms with Crippen LogP contribution >= 0.6 is 12.8 Å². The summed E-state index contributed by atoms with van der Waals surface area (Å²) in [5.41, 5.74) is 8.32. The number of hydrogen-bond acceptors (Lipinski definition) is 5. The molecule has 0 radical (unpaired) electrons. The van der Waals surface area contributed by atoms with E-state index in [1.165, 1.54) is 4.90 Å². The summed E-state index contributed by atoms with van der Waals surface area (Å²) in [5.74, 6) is 1.03. The fourth-order valence-electron chi connectivity index (χ4n) is 3.02. The number of aromatic hydroxyl groups is 1. The number of rotatable bonds is 6. The highest BCUT2D eigenvalue weighted by Gasteiger charge is 2.22. The van der Waals surface area contributed by atoms with Gasteiger partial charge in [-0.1, -0.05) is 26.8 Å². The molecule has 168 valence electrons. The first-order valence-electron chi connectivity index (χ1n) is 10.1. The van der Waals surface area contributed by atoms with Crippen LogP contribution in [-0.2, 0) is 0 Å². The van der Waals surface area contributed by atoms with E-state index in [4.69, 9.17) is 10.2 Å². The van der Waals surface area contributed by atoms with Gasteiger partial charge in [0.15, 0.2) is 11.8 Å². The van der Waals surface area contributed by atoms with Crippen molar-refractivity contribution in [2.75, 3.05) is 14.1 Å². The maximum atomic E-state index is 12.4. The molecule has 1 aromatic heterocycles. The van der Waals surface area contributed by atoms with Gasteiger partial charge < -0.3 is 20.2 Å². The molecule has 1 atom stereocenters. The van der Waals surface area contributed by atoms with Crippen molar-refractivity contribution in [2.45, 2.75) is 46.1 Å². The minimum atomic E-state index is -0.315. The van der Waals surface area contributed by atoms with Crippen LogP contribution in [-0.4, -0.2) is 41.7 Å². The number of hydrogen-bond donors (Lipinski definition) is 5. The first-order chi connectivity index (χ1) is 14.6. The molecule has 1 heterocycles. The molecule has 0 aliphatic rings. The number of aryl methyl sites for hydroxylation is 1. The minimum Gasteiger partial charge on any atom is -0.505 e. The first-order valence-corrected chi connectivity index (χ1v) is 10.6. The summed E-state index contributed by atoms with van der Waals surface area (Å²) >= 11 is 4.14. The van der Waals surface area contributed by atoms with E-state index < -0.39 is 0 Å². The van der Waals surface area contributed by atoms with Gasteiger partial charge in [-0.3, -0.25) is 9.79 Å². The van der Waals surface area contributed by atoms with Crippen molar-refractivity contribution >= 4 is 36.1 Å². The van der Waals surface area contributed by atoms with Crippen molar-refractivity contribution in [3.05, 3.63) is 46.9 Å². The van der Waals surface area contributed by atoms with E-state index in [0.717, 1.165) is 17.7 Å². The number of thiol groups is 1. The first kappa shape index (κ1) is 24.3. The van der Waals surface area contributed by atoms with Gasteiger partial charge in [0.05, 0.1) is 11.8 Å². The summed E-state index contributed by atoms with van der Waals surface area (Å²) in [6.07, 6.45) is 2.48. The van der Waals surface area contributed by atoms with Crippen molar-refractivity contribution in [1.82, 2.24) is 9.62 Å². The van der Waals surface area contributed by atoms with Crippen LogP contribution in [0.25, 0.3) is 0 Å². The summed E-state index contributed by atoms with van der Waals surface area (Å²) in [6.45, 7) is 7.97. The zero-order valence-corrected chi connectivity index (χ0v) is 19.7. The standard InChI is InChI=1S/C22H31N5O3S/c1-7-15(17-10-14(11-30-17)12(2)3)25-21(26-31)20(23)24-16-9-8-13(4)18(19(16)28)22(29)27(5)6/h8-12,15,28,31H,7H2,1-6H3,(H2,23,24)(H,25,26)/p+1/t15-/m1/s1. The molecule has 0 saturated heterocycles. The van der Waals surface area contributed by atoms with E-state index in [-0.39, 0.29) is 34.8 Å². The maximum Gasteiger partial charge on any atom is 0.322 e. The number of furan rings is 1. The number of nitrogens with two attached hydrogens (primary N) is 1. The predicted octanol–water partition coefficient (Wildman–Crippen LogP) is 2.17. The molecular formula is C22H32N5O3S+. The second-order valence-electron chi connectivity index (χ2n) is 7.85. The van der Waals surface area contributed by atoms with E-state index in [0.29, 0.717) is 17.3 Å². The molecule has 0 fully saturated rings. The third-order valence-electron chi connectivity index (χ3n) is 4.97. The van der Waals surface area contributed by atoms with Gasteiger partial charge in [0.1, 0.15) is 11.4 Å². The second kappa shape index (κ2) is 10.4. The molecule has 5 N–H and O–H groups in total. The molecule has 0 bridgehead atoms. The summed E-state index contributed by atoms with van der Waals surface area (Å²) in [4.78, 5) is 21.4. The molecule has 0 spiro atoms. The Morgan fingerprint density at radius 3 is 2.58 bits per heavy atom. The summed E-state index contributed by atoms with van der Waals surface area (Å²) < 4.78 is 8.45. The number of carbonyl (C=O) groups is 1. The number of nitrogens with zero attached hydrogens (tertiary/aromatic N) is 2. The van der Waals surface area contributed by atoms with Gasteiger partial charge in [-0.2, -0.15) is 0 Å². The Hall–Kier alpha value is -2.94. The van der Waals surface area contributed by atoms with Gasteiger partial charge >= 0.3 is 5.84 Å². The molecule has 8 nitrogen and oxygen atoms in total. The van der Waals surface area contributed by atoms with Crippen molar-refractivity contribution < 1.29 is 19.3 Å². The topological polar surface area (TPSA) is 118 Å². The van der Waals surface area contributed by atoms with Gasteiger partial charge in [0.25, 0.3) is 5.91 Å². The highest BCUT2D eigenvalue weighted by Crippen LogP contribution is 2.33. The summed E-state index contributed by atoms with van der Waals surface area (Å²) in [7, 11) is 3.24. The van der Waals surface area contributed by atoms with E-state index in [1.54, 1.807) is 39.4 Å². The van der Waals surface area contributed by atoms with Gasteiger partial charge in [0.2, 0.25) is 5.84 Å². The zero-order valence-electron chi connectivity index (χ0n) is 18.9. The smallest absolute Gasteiger partial charge is 0.322 e. The van der Waals surface area contributed by atoms with Crippen LogP contribution in [0.15, 0.2) is 33.9 Å². The fourth-order valence-corrected chi connectivity index (χ4v) is 3.20. The lowest BCUT2D eigenvalue weighted by molar-refractivity contribution is -0.513. The number of nitrogens with one attached hydrogen (secondary N) is 2. The number of aliphatic imine (C=N–C) groups is 1. The number of phenols is 1. The number of benzene rings is 1. The predicted molar refractivity (Wildman–Crippen MR) is 126 cm³/mol. The average Bonchev–Trinajstić information content (AvgIpc) is 3.21. The fraction of sp³-hybridized carbons (Fsp3) is 0.409. The zero-order chi connectivity index (χ0) is 23.3. The van der Waals surface area contributed by atoms with Crippen LogP contribution in [0.3, 0.4) is 0 Å². The Bertz CT molecular complexity index is 995. The van der Waals surface area contributed by atoms with Crippen LogP contribution in [0.5, 0.6) is 5.75 Å². The minimum absolute atomic E-state index is 0.0755. The van der Waals surface area contributed by atoms with Crippen LogP contribution in [0, 0.1) is 6.92 Å². The van der Waals surface area contributed by atoms with Gasteiger partial charge in [0, 0.05) is 26.9 Å². The van der Waals surface area contributed by atoms with Gasteiger partial charge in [-0.15, -0.1) is 0 Å². The van der Waals surface area contributed by atoms with Crippen molar-refractivity contribution in [1.29, 1.82) is 0 Å². The van der Waals surface area contributed by atoms with Crippen LogP contribution in [0.1, 0.15) is 66.4 Å². The average molecular weight is 447 g/mol. The highest BCUT2D eigenvalue weighted by molar-refractivity contribution is 7.78. The van der Waals surface area contributed by atoms with E-state index in [1.807, 2.05) is 13.0 Å². The van der Waals surface area contributed by atoms with Gasteiger partial charge in [-0.05, 0) is 42.5 Å². The lowest BCUT2D eigenvalue weighted by Gasteiger charge is -2.15.